The molecule has 0 spiro atoms. The van der Waals surface area contributed by atoms with E-state index in [2.05, 4.69) is 12.2 Å². The van der Waals surface area contributed by atoms with Crippen LogP contribution >= 0.6 is 0 Å². The topological polar surface area (TPSA) is 25.2 Å². The minimum atomic E-state index is -0.452. The van der Waals surface area contributed by atoms with Gasteiger partial charge in [-0.1, -0.05) is 6.92 Å². The van der Waals surface area contributed by atoms with E-state index in [-0.39, 0.29) is 5.69 Å². The van der Waals surface area contributed by atoms with Gasteiger partial charge in [0, 0.05) is 12.0 Å². The maximum absolute atomic E-state index is 13.7. The van der Waals surface area contributed by atoms with Crippen molar-refractivity contribution in [2.45, 2.75) is 32.7 Å². The first-order valence-electron chi connectivity index (χ1n) is 6.82. The van der Waals surface area contributed by atoms with E-state index in [0.29, 0.717) is 23.9 Å². The molecule has 2 unspecified atom stereocenters. The summed E-state index contributed by atoms with van der Waals surface area (Å²) < 4.78 is 32.8. The van der Waals surface area contributed by atoms with Gasteiger partial charge in [0.1, 0.15) is 23.2 Å². The largest absolute Gasteiger partial charge is 0.464 e. The second kappa shape index (κ2) is 4.93. The Morgan fingerprint density at radius 1 is 1.25 bits per heavy atom. The Hall–Kier alpha value is -1.84. The van der Waals surface area contributed by atoms with Crippen molar-refractivity contribution in [1.29, 1.82) is 0 Å². The van der Waals surface area contributed by atoms with E-state index in [0.717, 1.165) is 17.9 Å². The fourth-order valence-electron chi connectivity index (χ4n) is 2.37. The number of anilines is 1. The molecule has 2 atom stereocenters. The molecule has 1 N–H and O–H groups in total. The molecule has 2 nitrogen and oxygen atoms in total. The van der Waals surface area contributed by atoms with Crippen LogP contribution in [0.2, 0.25) is 0 Å². The van der Waals surface area contributed by atoms with E-state index in [1.54, 1.807) is 0 Å². The first-order valence-corrected chi connectivity index (χ1v) is 6.82. The molecule has 0 saturated heterocycles. The molecule has 106 valence electrons. The van der Waals surface area contributed by atoms with Crippen molar-refractivity contribution in [3.05, 3.63) is 53.0 Å². The van der Waals surface area contributed by atoms with Gasteiger partial charge in [0.25, 0.3) is 0 Å². The van der Waals surface area contributed by atoms with Crippen LogP contribution in [0.3, 0.4) is 0 Å². The molecule has 1 aliphatic rings. The van der Waals surface area contributed by atoms with Gasteiger partial charge in [-0.3, -0.25) is 0 Å². The Bertz CT molecular complexity index is 635. The van der Waals surface area contributed by atoms with E-state index < -0.39 is 11.6 Å². The van der Waals surface area contributed by atoms with E-state index in [1.165, 1.54) is 19.1 Å². The van der Waals surface area contributed by atoms with Gasteiger partial charge in [-0.05, 0) is 43.0 Å². The summed E-state index contributed by atoms with van der Waals surface area (Å²) >= 11 is 0. The minimum Gasteiger partial charge on any atom is -0.464 e. The van der Waals surface area contributed by atoms with Gasteiger partial charge in [0.2, 0.25) is 0 Å². The number of halogens is 2. The van der Waals surface area contributed by atoms with Gasteiger partial charge < -0.3 is 9.73 Å². The van der Waals surface area contributed by atoms with Gasteiger partial charge in [-0.2, -0.15) is 0 Å². The van der Waals surface area contributed by atoms with Crippen LogP contribution in [0.1, 0.15) is 36.3 Å². The highest BCUT2D eigenvalue weighted by Gasteiger charge is 2.36. The minimum absolute atomic E-state index is 0.158. The molecular formula is C16H17F2NO. The SMILES string of the molecule is Cc1cc(F)c(NCc2ccc(C3CC3C)o2)cc1F. The Kier molecular flexibility index (Phi) is 3.24. The van der Waals surface area contributed by atoms with Crippen LogP contribution in [0.5, 0.6) is 0 Å². The Morgan fingerprint density at radius 2 is 2.00 bits per heavy atom. The number of furan rings is 1. The van der Waals surface area contributed by atoms with Gasteiger partial charge in [0.05, 0.1) is 12.2 Å². The van der Waals surface area contributed by atoms with Crippen LogP contribution < -0.4 is 5.32 Å². The highest BCUT2D eigenvalue weighted by molar-refractivity contribution is 5.47. The van der Waals surface area contributed by atoms with E-state index in [4.69, 9.17) is 4.42 Å². The maximum Gasteiger partial charge on any atom is 0.146 e. The lowest BCUT2D eigenvalue weighted by atomic mass is 10.2. The molecule has 3 rings (SSSR count). The molecule has 1 aliphatic carbocycles. The molecular weight excluding hydrogens is 260 g/mol. The summed E-state index contributed by atoms with van der Waals surface area (Å²) in [6.45, 7) is 4.08. The number of aryl methyl sites for hydroxylation is 1. The zero-order valence-electron chi connectivity index (χ0n) is 11.5. The number of hydrogen-bond donors (Lipinski definition) is 1. The third-order valence-corrected chi connectivity index (χ3v) is 3.86. The Labute approximate surface area is 116 Å². The van der Waals surface area contributed by atoms with Crippen molar-refractivity contribution in [2.75, 3.05) is 5.32 Å². The zero-order valence-corrected chi connectivity index (χ0v) is 11.5. The van der Waals surface area contributed by atoms with Crippen molar-refractivity contribution in [3.63, 3.8) is 0 Å². The Morgan fingerprint density at radius 3 is 2.70 bits per heavy atom. The average Bonchev–Trinajstić information content (AvgIpc) is 2.96. The quantitative estimate of drug-likeness (QED) is 0.883. The van der Waals surface area contributed by atoms with Gasteiger partial charge in [-0.25, -0.2) is 8.78 Å². The second-order valence-electron chi connectivity index (χ2n) is 5.56. The predicted molar refractivity (Wildman–Crippen MR) is 73.7 cm³/mol. The summed E-state index contributed by atoms with van der Waals surface area (Å²) in [5, 5.41) is 2.87. The zero-order chi connectivity index (χ0) is 14.3. The van der Waals surface area contributed by atoms with Gasteiger partial charge in [0.15, 0.2) is 0 Å². The normalized spacial score (nSPS) is 21.0. The van der Waals surface area contributed by atoms with Crippen molar-refractivity contribution >= 4 is 5.69 Å². The molecule has 0 radical (unpaired) electrons. The van der Waals surface area contributed by atoms with Crippen LogP contribution in [0.4, 0.5) is 14.5 Å². The van der Waals surface area contributed by atoms with Crippen molar-refractivity contribution in [2.24, 2.45) is 5.92 Å². The smallest absolute Gasteiger partial charge is 0.146 e. The van der Waals surface area contributed by atoms with Crippen LogP contribution in [0.15, 0.2) is 28.7 Å². The number of nitrogens with one attached hydrogen (secondary N) is 1. The molecule has 20 heavy (non-hydrogen) atoms. The summed E-state index contributed by atoms with van der Waals surface area (Å²) in [5.74, 6) is 2.07. The lowest BCUT2D eigenvalue weighted by Gasteiger charge is -2.07. The number of hydrogen-bond acceptors (Lipinski definition) is 2. The molecule has 1 fully saturated rings. The Balaban J connectivity index is 1.67. The maximum atomic E-state index is 13.7. The monoisotopic (exact) mass is 277 g/mol. The molecule has 1 heterocycles. The number of benzene rings is 1. The fourth-order valence-corrected chi connectivity index (χ4v) is 2.37. The van der Waals surface area contributed by atoms with Crippen molar-refractivity contribution in [1.82, 2.24) is 0 Å². The highest BCUT2D eigenvalue weighted by Crippen LogP contribution is 2.47. The molecule has 4 heteroatoms. The van der Waals surface area contributed by atoms with E-state index >= 15 is 0 Å². The van der Waals surface area contributed by atoms with Crippen LogP contribution in [0, 0.1) is 24.5 Å². The van der Waals surface area contributed by atoms with E-state index in [9.17, 15) is 8.78 Å². The molecule has 0 aliphatic heterocycles. The third kappa shape index (κ3) is 2.55. The van der Waals surface area contributed by atoms with Crippen molar-refractivity contribution < 1.29 is 13.2 Å². The molecule has 0 amide bonds. The molecule has 1 aromatic heterocycles. The van der Waals surface area contributed by atoms with Gasteiger partial charge in [-0.15, -0.1) is 0 Å². The average molecular weight is 277 g/mol. The van der Waals surface area contributed by atoms with Crippen LogP contribution in [0.25, 0.3) is 0 Å². The molecule has 1 aromatic carbocycles. The summed E-state index contributed by atoms with van der Waals surface area (Å²) in [4.78, 5) is 0. The van der Waals surface area contributed by atoms with E-state index in [1.807, 2.05) is 12.1 Å². The summed E-state index contributed by atoms with van der Waals surface area (Å²) in [6.07, 6.45) is 1.16. The van der Waals surface area contributed by atoms with Gasteiger partial charge >= 0.3 is 0 Å². The summed E-state index contributed by atoms with van der Waals surface area (Å²) in [6, 6.07) is 6.22. The first kappa shape index (κ1) is 13.2. The van der Waals surface area contributed by atoms with Crippen LogP contribution in [-0.4, -0.2) is 0 Å². The predicted octanol–water partition coefficient (Wildman–Crippen LogP) is 4.60. The summed E-state index contributed by atoms with van der Waals surface area (Å²) in [7, 11) is 0. The number of rotatable bonds is 4. The van der Waals surface area contributed by atoms with Crippen molar-refractivity contribution in [3.8, 4) is 0 Å². The third-order valence-electron chi connectivity index (χ3n) is 3.86. The first-order chi connectivity index (χ1) is 9.54. The summed E-state index contributed by atoms with van der Waals surface area (Å²) in [5.41, 5.74) is 0.460. The van der Waals surface area contributed by atoms with Crippen LogP contribution in [-0.2, 0) is 6.54 Å². The second-order valence-corrected chi connectivity index (χ2v) is 5.56. The highest BCUT2D eigenvalue weighted by atomic mass is 19.1. The standard InChI is InChI=1S/C16H17F2NO/c1-9-5-12(9)16-4-3-11(20-16)8-19-15-7-13(17)10(2)6-14(15)18/h3-4,6-7,9,12,19H,5,8H2,1-2H3. The lowest BCUT2D eigenvalue weighted by molar-refractivity contribution is 0.467. The fraction of sp³-hybridized carbons (Fsp3) is 0.375. The lowest BCUT2D eigenvalue weighted by Crippen LogP contribution is -2.02. The molecule has 2 aromatic rings. The molecule has 0 bridgehead atoms. The molecule has 1 saturated carbocycles.